The Morgan fingerprint density at radius 2 is 1.66 bits per heavy atom. The van der Waals surface area contributed by atoms with Crippen molar-refractivity contribution in [1.82, 2.24) is 9.97 Å². The van der Waals surface area contributed by atoms with Gasteiger partial charge in [-0.1, -0.05) is 23.2 Å². The third kappa shape index (κ3) is 4.10. The van der Waals surface area contributed by atoms with E-state index in [9.17, 15) is 0 Å². The fourth-order valence-corrected chi connectivity index (χ4v) is 5.71. The second-order valence-electron chi connectivity index (χ2n) is 6.78. The smallest absolute Gasteiger partial charge is 0.231 e. The van der Waals surface area contributed by atoms with Gasteiger partial charge in [0.2, 0.25) is 5.88 Å². The molecule has 1 aliphatic carbocycles. The number of rotatable bonds is 5. The molecule has 0 amide bonds. The van der Waals surface area contributed by atoms with Gasteiger partial charge in [-0.15, -0.1) is 23.1 Å². The van der Waals surface area contributed by atoms with Crippen LogP contribution in [0, 0.1) is 0 Å². The topological polar surface area (TPSA) is 35.0 Å². The molecule has 0 saturated heterocycles. The Morgan fingerprint density at radius 1 is 0.931 bits per heavy atom. The predicted octanol–water partition coefficient (Wildman–Crippen LogP) is 7.57. The van der Waals surface area contributed by atoms with Gasteiger partial charge < -0.3 is 4.74 Å². The monoisotopic (exact) mass is 458 g/mol. The van der Waals surface area contributed by atoms with Crippen molar-refractivity contribution >= 4 is 56.5 Å². The number of hydrogen-bond acceptors (Lipinski definition) is 5. The standard InChI is InChI=1S/C22H16Cl2N2OS2/c23-13-4-8-15(9-5-13)27-21-20-17-2-1-3-18(17)29-22(20)26-19(25-21)12-28-16-10-6-14(24)7-11-16/h4-11H,1-3,12H2. The lowest BCUT2D eigenvalue weighted by Gasteiger charge is -2.09. The van der Waals surface area contributed by atoms with Gasteiger partial charge >= 0.3 is 0 Å². The summed E-state index contributed by atoms with van der Waals surface area (Å²) in [4.78, 5) is 13.2. The molecular weight excluding hydrogens is 443 g/mol. The van der Waals surface area contributed by atoms with Crippen LogP contribution in [0.2, 0.25) is 10.0 Å². The Labute approximate surface area is 187 Å². The van der Waals surface area contributed by atoms with Crippen LogP contribution < -0.4 is 4.74 Å². The maximum atomic E-state index is 6.21. The van der Waals surface area contributed by atoms with E-state index in [0.717, 1.165) is 44.6 Å². The molecular formula is C22H16Cl2N2OS2. The van der Waals surface area contributed by atoms with Gasteiger partial charge in [0.15, 0.2) is 0 Å². The van der Waals surface area contributed by atoms with Gasteiger partial charge in [-0.05, 0) is 73.4 Å². The minimum atomic E-state index is 0.642. The maximum absolute atomic E-state index is 6.21. The highest BCUT2D eigenvalue weighted by Gasteiger charge is 2.23. The van der Waals surface area contributed by atoms with E-state index in [1.165, 1.54) is 16.9 Å². The molecule has 0 spiro atoms. The number of halogens is 2. The van der Waals surface area contributed by atoms with Crippen LogP contribution in [0.1, 0.15) is 22.7 Å². The summed E-state index contributed by atoms with van der Waals surface area (Å²) in [5.74, 6) is 2.80. The van der Waals surface area contributed by atoms with E-state index in [0.29, 0.717) is 16.7 Å². The molecule has 0 atom stereocenters. The zero-order valence-electron chi connectivity index (χ0n) is 15.3. The van der Waals surface area contributed by atoms with Crippen LogP contribution in [0.25, 0.3) is 10.2 Å². The highest BCUT2D eigenvalue weighted by atomic mass is 35.5. The van der Waals surface area contributed by atoms with Gasteiger partial charge in [-0.2, -0.15) is 4.98 Å². The quantitative estimate of drug-likeness (QED) is 0.288. The summed E-state index contributed by atoms with van der Waals surface area (Å²) < 4.78 is 6.21. The van der Waals surface area contributed by atoms with Gasteiger partial charge in [0, 0.05) is 19.8 Å². The molecule has 0 fully saturated rings. The largest absolute Gasteiger partial charge is 0.438 e. The molecule has 29 heavy (non-hydrogen) atoms. The second kappa shape index (κ2) is 8.15. The first-order valence-corrected chi connectivity index (χ1v) is 11.8. The molecule has 4 aromatic rings. The third-order valence-electron chi connectivity index (χ3n) is 4.79. The summed E-state index contributed by atoms with van der Waals surface area (Å²) in [7, 11) is 0. The van der Waals surface area contributed by atoms with E-state index in [1.54, 1.807) is 23.1 Å². The van der Waals surface area contributed by atoms with Gasteiger partial charge in [0.25, 0.3) is 0 Å². The SMILES string of the molecule is Clc1ccc(Oc2nc(CSc3ccc(Cl)cc3)nc3sc4c(c23)CCC4)cc1. The van der Waals surface area contributed by atoms with Crippen molar-refractivity contribution in [3.8, 4) is 11.6 Å². The molecule has 146 valence electrons. The molecule has 0 aliphatic heterocycles. The molecule has 7 heteroatoms. The lowest BCUT2D eigenvalue weighted by Crippen LogP contribution is -1.98. The maximum Gasteiger partial charge on any atom is 0.231 e. The van der Waals surface area contributed by atoms with Crippen LogP contribution in [0.4, 0.5) is 0 Å². The van der Waals surface area contributed by atoms with E-state index in [-0.39, 0.29) is 0 Å². The Morgan fingerprint density at radius 3 is 2.41 bits per heavy atom. The molecule has 0 saturated carbocycles. The van der Waals surface area contributed by atoms with Crippen molar-refractivity contribution in [2.45, 2.75) is 29.9 Å². The molecule has 2 aromatic heterocycles. The Balaban J connectivity index is 1.50. The number of hydrogen-bond donors (Lipinski definition) is 0. The summed E-state index contributed by atoms with van der Waals surface area (Å²) in [5, 5.41) is 2.48. The molecule has 2 aromatic carbocycles. The fraction of sp³-hybridized carbons (Fsp3) is 0.182. The molecule has 1 aliphatic rings. The summed E-state index contributed by atoms with van der Waals surface area (Å²) in [6, 6.07) is 15.2. The molecule has 3 nitrogen and oxygen atoms in total. The van der Waals surface area contributed by atoms with Gasteiger partial charge in [-0.3, -0.25) is 0 Å². The molecule has 0 unspecified atom stereocenters. The van der Waals surface area contributed by atoms with Gasteiger partial charge in [0.05, 0.1) is 11.1 Å². The number of fused-ring (bicyclic) bond motifs is 3. The lowest BCUT2D eigenvalue weighted by atomic mass is 10.2. The second-order valence-corrected chi connectivity index (χ2v) is 9.79. The van der Waals surface area contributed by atoms with Crippen LogP contribution in [-0.2, 0) is 18.6 Å². The van der Waals surface area contributed by atoms with Crippen molar-refractivity contribution in [2.24, 2.45) is 0 Å². The summed E-state index contributed by atoms with van der Waals surface area (Å²) in [5.41, 5.74) is 1.35. The number of ether oxygens (including phenoxy) is 1. The molecule has 5 rings (SSSR count). The van der Waals surface area contributed by atoms with Crippen LogP contribution in [0.5, 0.6) is 11.6 Å². The van der Waals surface area contributed by atoms with E-state index >= 15 is 0 Å². The van der Waals surface area contributed by atoms with Crippen LogP contribution >= 0.6 is 46.3 Å². The minimum Gasteiger partial charge on any atom is -0.438 e. The number of aryl methyl sites for hydroxylation is 2. The minimum absolute atomic E-state index is 0.642. The van der Waals surface area contributed by atoms with Crippen molar-refractivity contribution in [1.29, 1.82) is 0 Å². The lowest BCUT2D eigenvalue weighted by molar-refractivity contribution is 0.466. The van der Waals surface area contributed by atoms with Crippen molar-refractivity contribution in [3.05, 3.63) is 74.8 Å². The first-order valence-electron chi connectivity index (χ1n) is 9.29. The number of aromatic nitrogens is 2. The highest BCUT2D eigenvalue weighted by molar-refractivity contribution is 7.98. The Bertz CT molecular complexity index is 1170. The zero-order chi connectivity index (χ0) is 19.8. The van der Waals surface area contributed by atoms with Crippen LogP contribution in [0.3, 0.4) is 0 Å². The van der Waals surface area contributed by atoms with E-state index < -0.39 is 0 Å². The summed E-state index contributed by atoms with van der Waals surface area (Å²) in [6.07, 6.45) is 3.37. The van der Waals surface area contributed by atoms with Crippen LogP contribution in [-0.4, -0.2) is 9.97 Å². The van der Waals surface area contributed by atoms with Crippen LogP contribution in [0.15, 0.2) is 53.4 Å². The third-order valence-corrected chi connectivity index (χ3v) is 7.49. The molecule has 2 heterocycles. The average molecular weight is 459 g/mol. The van der Waals surface area contributed by atoms with E-state index in [4.69, 9.17) is 37.9 Å². The number of thioether (sulfide) groups is 1. The van der Waals surface area contributed by atoms with Crippen molar-refractivity contribution < 1.29 is 4.74 Å². The van der Waals surface area contributed by atoms with Crippen molar-refractivity contribution in [2.75, 3.05) is 0 Å². The normalized spacial score (nSPS) is 13.0. The zero-order valence-corrected chi connectivity index (χ0v) is 18.5. The molecule has 0 N–H and O–H groups in total. The molecule has 0 bridgehead atoms. The predicted molar refractivity (Wildman–Crippen MR) is 122 cm³/mol. The first kappa shape index (κ1) is 19.2. The van der Waals surface area contributed by atoms with E-state index in [2.05, 4.69) is 0 Å². The van der Waals surface area contributed by atoms with Gasteiger partial charge in [0.1, 0.15) is 16.4 Å². The van der Waals surface area contributed by atoms with Crippen molar-refractivity contribution in [3.63, 3.8) is 0 Å². The number of thiophene rings is 1. The Kier molecular flexibility index (Phi) is 5.39. The first-order chi connectivity index (χ1) is 14.2. The molecule has 0 radical (unpaired) electrons. The fourth-order valence-electron chi connectivity index (χ4n) is 3.44. The highest BCUT2D eigenvalue weighted by Crippen LogP contribution is 2.42. The average Bonchev–Trinajstić information content (AvgIpc) is 3.30. The summed E-state index contributed by atoms with van der Waals surface area (Å²) >= 11 is 15.5. The number of benzene rings is 2. The number of nitrogens with zero attached hydrogens (tertiary/aromatic N) is 2. The Hall–Kier alpha value is -1.79. The summed E-state index contributed by atoms with van der Waals surface area (Å²) in [6.45, 7) is 0. The van der Waals surface area contributed by atoms with Gasteiger partial charge in [-0.25, -0.2) is 4.98 Å². The van der Waals surface area contributed by atoms with E-state index in [1.807, 2.05) is 48.5 Å².